The summed E-state index contributed by atoms with van der Waals surface area (Å²) >= 11 is 0. The molecule has 7 heteroatoms. The SMILES string of the molecule is CCN(CC)C1=NCC(c2occ3ccccc23)C1.O=C(O)C=CC(=O)O. The van der Waals surface area contributed by atoms with E-state index >= 15 is 0 Å². The zero-order valence-corrected chi connectivity index (χ0v) is 15.5. The fourth-order valence-electron chi connectivity index (χ4n) is 3.03. The molecule has 1 aliphatic heterocycles. The molecule has 0 saturated carbocycles. The highest BCUT2D eigenvalue weighted by atomic mass is 16.4. The summed E-state index contributed by atoms with van der Waals surface area (Å²) in [4.78, 5) is 26.2. The number of furan rings is 1. The van der Waals surface area contributed by atoms with Crippen LogP contribution in [-0.2, 0) is 9.59 Å². The van der Waals surface area contributed by atoms with Crippen molar-refractivity contribution in [3.05, 3.63) is 48.4 Å². The highest BCUT2D eigenvalue weighted by Crippen LogP contribution is 2.33. The van der Waals surface area contributed by atoms with Crippen LogP contribution in [-0.4, -0.2) is 52.5 Å². The van der Waals surface area contributed by atoms with Crippen LogP contribution < -0.4 is 0 Å². The van der Waals surface area contributed by atoms with Gasteiger partial charge in [0.15, 0.2) is 0 Å². The molecule has 0 fully saturated rings. The van der Waals surface area contributed by atoms with Crippen LogP contribution in [0.15, 0.2) is 52.1 Å². The van der Waals surface area contributed by atoms with Gasteiger partial charge in [0.1, 0.15) is 5.76 Å². The van der Waals surface area contributed by atoms with Crippen molar-refractivity contribution in [2.75, 3.05) is 19.6 Å². The number of carbonyl (C=O) groups is 2. The zero-order valence-electron chi connectivity index (χ0n) is 15.5. The minimum Gasteiger partial charge on any atom is -0.478 e. The quantitative estimate of drug-likeness (QED) is 0.780. The summed E-state index contributed by atoms with van der Waals surface area (Å²) < 4.78 is 5.80. The number of aliphatic imine (C=N–C) groups is 1. The van der Waals surface area contributed by atoms with Crippen molar-refractivity contribution < 1.29 is 24.2 Å². The lowest BCUT2D eigenvalue weighted by Gasteiger charge is -2.20. The molecule has 0 aliphatic carbocycles. The molecule has 1 aromatic carbocycles. The van der Waals surface area contributed by atoms with E-state index in [1.165, 1.54) is 16.6 Å². The predicted molar refractivity (Wildman–Crippen MR) is 103 cm³/mol. The number of benzene rings is 1. The van der Waals surface area contributed by atoms with Crippen molar-refractivity contribution in [3.8, 4) is 0 Å². The molecular formula is C20H24N2O5. The third-order valence-electron chi connectivity index (χ3n) is 4.33. The van der Waals surface area contributed by atoms with E-state index in [2.05, 4.69) is 36.9 Å². The first kappa shape index (κ1) is 20.2. The molecule has 7 nitrogen and oxygen atoms in total. The summed E-state index contributed by atoms with van der Waals surface area (Å²) in [6.07, 6.45) is 3.98. The highest BCUT2D eigenvalue weighted by Gasteiger charge is 2.26. The summed E-state index contributed by atoms with van der Waals surface area (Å²) in [5.74, 6) is 0.215. The van der Waals surface area contributed by atoms with E-state index < -0.39 is 11.9 Å². The second-order valence-corrected chi connectivity index (χ2v) is 6.03. The van der Waals surface area contributed by atoms with Gasteiger partial charge in [-0.1, -0.05) is 24.3 Å². The third-order valence-corrected chi connectivity index (χ3v) is 4.33. The van der Waals surface area contributed by atoms with Crippen molar-refractivity contribution in [1.29, 1.82) is 0 Å². The lowest BCUT2D eigenvalue weighted by molar-refractivity contribution is -0.134. The van der Waals surface area contributed by atoms with E-state index in [4.69, 9.17) is 19.6 Å². The van der Waals surface area contributed by atoms with Crippen molar-refractivity contribution in [1.82, 2.24) is 4.90 Å². The molecule has 0 saturated heterocycles. The Labute approximate surface area is 157 Å². The summed E-state index contributed by atoms with van der Waals surface area (Å²) in [5, 5.41) is 18.1. The minimum atomic E-state index is -1.26. The molecule has 0 spiro atoms. The van der Waals surface area contributed by atoms with Gasteiger partial charge in [-0.3, -0.25) is 4.99 Å². The van der Waals surface area contributed by atoms with Gasteiger partial charge in [-0.15, -0.1) is 0 Å². The maximum Gasteiger partial charge on any atom is 0.328 e. The van der Waals surface area contributed by atoms with Gasteiger partial charge in [-0.2, -0.15) is 0 Å². The average Bonchev–Trinajstić information content (AvgIpc) is 3.28. The second-order valence-electron chi connectivity index (χ2n) is 6.03. The van der Waals surface area contributed by atoms with Crippen LogP contribution in [0.4, 0.5) is 0 Å². The fourth-order valence-corrected chi connectivity index (χ4v) is 3.03. The number of amidine groups is 1. The van der Waals surface area contributed by atoms with Crippen LogP contribution in [0, 0.1) is 0 Å². The normalized spacial score (nSPS) is 16.1. The Kier molecular flexibility index (Phi) is 7.16. The molecule has 27 heavy (non-hydrogen) atoms. The van der Waals surface area contributed by atoms with Gasteiger partial charge < -0.3 is 19.5 Å². The van der Waals surface area contributed by atoms with E-state index in [0.717, 1.165) is 31.8 Å². The van der Waals surface area contributed by atoms with Gasteiger partial charge in [0.2, 0.25) is 0 Å². The van der Waals surface area contributed by atoms with Crippen molar-refractivity contribution in [2.45, 2.75) is 26.2 Å². The van der Waals surface area contributed by atoms with Gasteiger partial charge in [0.25, 0.3) is 0 Å². The first-order chi connectivity index (χ1) is 13.0. The molecule has 1 atom stereocenters. The Morgan fingerprint density at radius 2 is 1.81 bits per heavy atom. The molecule has 2 heterocycles. The zero-order chi connectivity index (χ0) is 19.8. The molecule has 1 aromatic heterocycles. The number of hydrogen-bond acceptors (Lipinski definition) is 5. The molecule has 1 unspecified atom stereocenters. The van der Waals surface area contributed by atoms with E-state index in [9.17, 15) is 9.59 Å². The Morgan fingerprint density at radius 1 is 1.19 bits per heavy atom. The standard InChI is InChI=1S/C16H20N2O.C4H4O4/c1-3-18(4-2)15-9-13(10-17-15)16-14-8-6-5-7-12(14)11-19-16;5-3(6)1-2-4(7)8/h5-8,11,13H,3-4,9-10H2,1-2H3;1-2H,(H,5,6)(H,7,8). The van der Waals surface area contributed by atoms with Crippen LogP contribution in [0.2, 0.25) is 0 Å². The number of nitrogens with zero attached hydrogens (tertiary/aromatic N) is 2. The number of rotatable bonds is 5. The first-order valence-corrected chi connectivity index (χ1v) is 8.84. The minimum absolute atomic E-state index is 0.399. The highest BCUT2D eigenvalue weighted by molar-refractivity contribution is 5.90. The van der Waals surface area contributed by atoms with Gasteiger partial charge in [0, 0.05) is 48.4 Å². The number of carboxylic acid groups (broad SMARTS) is 2. The largest absolute Gasteiger partial charge is 0.478 e. The molecular weight excluding hydrogens is 348 g/mol. The number of aliphatic carboxylic acids is 2. The molecule has 2 N–H and O–H groups in total. The number of fused-ring (bicyclic) bond motifs is 1. The molecule has 0 radical (unpaired) electrons. The van der Waals surface area contributed by atoms with Crippen molar-refractivity contribution in [3.63, 3.8) is 0 Å². The lowest BCUT2D eigenvalue weighted by Crippen LogP contribution is -2.29. The Hall–Kier alpha value is -3.09. The van der Waals surface area contributed by atoms with E-state index in [-0.39, 0.29) is 0 Å². The maximum atomic E-state index is 9.55. The smallest absolute Gasteiger partial charge is 0.328 e. The molecule has 0 amide bonds. The molecule has 0 bridgehead atoms. The number of carboxylic acids is 2. The Balaban J connectivity index is 0.000000279. The fraction of sp³-hybridized carbons (Fsp3) is 0.350. The first-order valence-electron chi connectivity index (χ1n) is 8.84. The van der Waals surface area contributed by atoms with Crippen LogP contribution in [0.25, 0.3) is 10.8 Å². The number of hydrogen-bond donors (Lipinski definition) is 2. The van der Waals surface area contributed by atoms with Crippen molar-refractivity contribution >= 4 is 28.5 Å². The summed E-state index contributed by atoms with van der Waals surface area (Å²) in [6.45, 7) is 7.27. The van der Waals surface area contributed by atoms with Crippen LogP contribution in [0.1, 0.15) is 31.9 Å². The summed E-state index contributed by atoms with van der Waals surface area (Å²) in [7, 11) is 0. The summed E-state index contributed by atoms with van der Waals surface area (Å²) in [6, 6.07) is 8.36. The van der Waals surface area contributed by atoms with Crippen LogP contribution >= 0.6 is 0 Å². The third kappa shape index (κ3) is 5.44. The monoisotopic (exact) mass is 372 g/mol. The second kappa shape index (κ2) is 9.56. The van der Waals surface area contributed by atoms with E-state index in [1.807, 2.05) is 12.3 Å². The van der Waals surface area contributed by atoms with Gasteiger partial charge in [-0.25, -0.2) is 9.59 Å². The average molecular weight is 372 g/mol. The molecule has 144 valence electrons. The van der Waals surface area contributed by atoms with E-state index in [0.29, 0.717) is 18.1 Å². The van der Waals surface area contributed by atoms with Crippen molar-refractivity contribution in [2.24, 2.45) is 4.99 Å². The van der Waals surface area contributed by atoms with E-state index in [1.54, 1.807) is 0 Å². The topological polar surface area (TPSA) is 103 Å². The molecule has 2 aromatic rings. The van der Waals surface area contributed by atoms with Crippen LogP contribution in [0.5, 0.6) is 0 Å². The Morgan fingerprint density at radius 3 is 2.41 bits per heavy atom. The Bertz CT molecular complexity index is 833. The lowest BCUT2D eigenvalue weighted by atomic mass is 10.0. The molecule has 1 aliphatic rings. The summed E-state index contributed by atoms with van der Waals surface area (Å²) in [5.41, 5.74) is 0. The van der Waals surface area contributed by atoms with Gasteiger partial charge in [0.05, 0.1) is 18.6 Å². The van der Waals surface area contributed by atoms with Crippen LogP contribution in [0.3, 0.4) is 0 Å². The predicted octanol–water partition coefficient (Wildman–Crippen LogP) is 3.37. The van der Waals surface area contributed by atoms with Gasteiger partial charge in [-0.05, 0) is 13.8 Å². The van der Waals surface area contributed by atoms with Gasteiger partial charge >= 0.3 is 11.9 Å². The molecule has 3 rings (SSSR count). The maximum absolute atomic E-state index is 9.55.